The summed E-state index contributed by atoms with van der Waals surface area (Å²) in [4.78, 5) is 24.5. The first-order chi connectivity index (χ1) is 13.0. The molecule has 1 aliphatic carbocycles. The number of aromatic hydroxyl groups is 1. The van der Waals surface area contributed by atoms with E-state index < -0.39 is 36.2 Å². The van der Waals surface area contributed by atoms with Crippen molar-refractivity contribution in [3.05, 3.63) is 23.3 Å². The van der Waals surface area contributed by atoms with Gasteiger partial charge >= 0.3 is 19.1 Å². The van der Waals surface area contributed by atoms with Gasteiger partial charge in [-0.15, -0.1) is 0 Å². The normalized spacial score (nSPS) is 24.1. The van der Waals surface area contributed by atoms with E-state index in [1.807, 2.05) is 0 Å². The van der Waals surface area contributed by atoms with Gasteiger partial charge in [0.25, 0.3) is 0 Å². The van der Waals surface area contributed by atoms with Gasteiger partial charge in [-0.2, -0.15) is 0 Å². The molecule has 10 nitrogen and oxygen atoms in total. The summed E-state index contributed by atoms with van der Waals surface area (Å²) in [6.07, 6.45) is 0.0876. The quantitative estimate of drug-likeness (QED) is 0.309. The lowest BCUT2D eigenvalue weighted by atomic mass is 9.81. The Labute approximate surface area is 161 Å². The Morgan fingerprint density at radius 3 is 2.46 bits per heavy atom. The summed E-state index contributed by atoms with van der Waals surface area (Å²) < 4.78 is 5.69. The highest BCUT2D eigenvalue weighted by molar-refractivity contribution is 6.44. The van der Waals surface area contributed by atoms with Gasteiger partial charge in [0.1, 0.15) is 28.7 Å². The second-order valence-corrected chi connectivity index (χ2v) is 7.76. The van der Waals surface area contributed by atoms with Crippen LogP contribution in [0.4, 0.5) is 0 Å². The van der Waals surface area contributed by atoms with Crippen molar-refractivity contribution in [2.75, 3.05) is 19.6 Å². The maximum absolute atomic E-state index is 11.6. The van der Waals surface area contributed by atoms with Gasteiger partial charge in [-0.25, -0.2) is 4.79 Å². The number of carboxylic acids is 2. The second-order valence-electron chi connectivity index (χ2n) is 7.76. The fourth-order valence-corrected chi connectivity index (χ4v) is 3.53. The molecule has 1 aliphatic heterocycles. The monoisotopic (exact) mass is 394 g/mol. The summed E-state index contributed by atoms with van der Waals surface area (Å²) in [5, 5.41) is 47.4. The van der Waals surface area contributed by atoms with Crippen molar-refractivity contribution in [3.8, 4) is 11.5 Å². The van der Waals surface area contributed by atoms with Crippen LogP contribution >= 0.6 is 0 Å². The number of carboxylic acid groups (broad SMARTS) is 2. The van der Waals surface area contributed by atoms with Crippen LogP contribution < -0.4 is 10.5 Å². The van der Waals surface area contributed by atoms with Crippen LogP contribution in [0.1, 0.15) is 35.2 Å². The molecule has 152 valence electrons. The van der Waals surface area contributed by atoms with Crippen LogP contribution in [-0.2, 0) is 4.79 Å². The minimum absolute atomic E-state index is 0.00823. The molecule has 0 aromatic heterocycles. The number of rotatable bonds is 8. The third-order valence-electron chi connectivity index (χ3n) is 5.26. The second kappa shape index (κ2) is 7.24. The first-order valence-electron chi connectivity index (χ1n) is 8.88. The lowest BCUT2D eigenvalue weighted by molar-refractivity contribution is -0.144. The molecule has 1 aromatic rings. The van der Waals surface area contributed by atoms with E-state index in [9.17, 15) is 29.9 Å². The molecule has 28 heavy (non-hydrogen) atoms. The third-order valence-corrected chi connectivity index (χ3v) is 5.26. The summed E-state index contributed by atoms with van der Waals surface area (Å²) in [5.41, 5.74) is 4.29. The Bertz CT molecular complexity index is 794. The number of aliphatic carboxylic acids is 1. The minimum atomic E-state index is -1.52. The van der Waals surface area contributed by atoms with Crippen molar-refractivity contribution >= 4 is 19.1 Å². The molecule has 11 heteroatoms. The number of ether oxygens (including phenoxy) is 1. The summed E-state index contributed by atoms with van der Waals surface area (Å²) in [5.74, 6) is -3.64. The molecule has 1 saturated carbocycles. The summed E-state index contributed by atoms with van der Waals surface area (Å²) in [6, 6.07) is 2.98. The maximum atomic E-state index is 11.6. The molecule has 0 amide bonds. The molecular formula is C17H23BN2O8. The van der Waals surface area contributed by atoms with Crippen molar-refractivity contribution < 1.29 is 39.7 Å². The molecule has 1 heterocycles. The van der Waals surface area contributed by atoms with Gasteiger partial charge in [0, 0.05) is 25.5 Å². The maximum Gasteiger partial charge on any atom is 0.455 e. The van der Waals surface area contributed by atoms with Crippen molar-refractivity contribution in [2.45, 2.75) is 36.7 Å². The Morgan fingerprint density at radius 2 is 1.96 bits per heavy atom. The van der Waals surface area contributed by atoms with Gasteiger partial charge in [0.15, 0.2) is 0 Å². The van der Waals surface area contributed by atoms with Crippen LogP contribution in [-0.4, -0.2) is 80.6 Å². The van der Waals surface area contributed by atoms with Crippen molar-refractivity contribution in [1.82, 2.24) is 4.90 Å². The van der Waals surface area contributed by atoms with Crippen LogP contribution in [0.25, 0.3) is 0 Å². The Kier molecular flexibility index (Phi) is 5.28. The zero-order valence-corrected chi connectivity index (χ0v) is 15.3. The minimum Gasteiger partial charge on any atom is -0.507 e. The molecule has 1 saturated heterocycles. The predicted octanol–water partition coefficient (Wildman–Crippen LogP) is -0.714. The van der Waals surface area contributed by atoms with Gasteiger partial charge in [-0.1, -0.05) is 6.07 Å². The van der Waals surface area contributed by atoms with Gasteiger partial charge in [0.2, 0.25) is 0 Å². The lowest BCUT2D eigenvalue weighted by Gasteiger charge is -2.41. The number of aromatic carboxylic acids is 1. The number of phenols is 1. The highest BCUT2D eigenvalue weighted by Crippen LogP contribution is 2.56. The molecule has 0 radical (unpaired) electrons. The Balaban J connectivity index is 1.68. The number of benzene rings is 1. The van der Waals surface area contributed by atoms with E-state index in [1.54, 1.807) is 4.90 Å². The zero-order valence-electron chi connectivity index (χ0n) is 15.3. The summed E-state index contributed by atoms with van der Waals surface area (Å²) in [6.45, 7) is 2.30. The van der Waals surface area contributed by atoms with Crippen LogP contribution in [0.3, 0.4) is 0 Å². The van der Waals surface area contributed by atoms with Gasteiger partial charge < -0.3 is 35.8 Å². The van der Waals surface area contributed by atoms with Crippen LogP contribution in [0.2, 0.25) is 5.82 Å². The topological polar surface area (TPSA) is 174 Å². The molecule has 1 unspecified atom stereocenters. The third kappa shape index (κ3) is 3.92. The SMILES string of the molecule is CC(N)(CN1CC(Oc2ccc([C@H]3C[C@H]3B(O)O)c(O)c2C(=O)O)C1)C(=O)O. The van der Waals surface area contributed by atoms with Crippen LogP contribution in [0.5, 0.6) is 11.5 Å². The molecule has 1 aromatic carbocycles. The summed E-state index contributed by atoms with van der Waals surface area (Å²) in [7, 11) is -1.52. The average molecular weight is 394 g/mol. The smallest absolute Gasteiger partial charge is 0.455 e. The fourth-order valence-electron chi connectivity index (χ4n) is 3.53. The molecule has 0 bridgehead atoms. The zero-order chi connectivity index (χ0) is 20.8. The van der Waals surface area contributed by atoms with Crippen LogP contribution in [0, 0.1) is 0 Å². The molecule has 3 atom stereocenters. The first-order valence-corrected chi connectivity index (χ1v) is 8.88. The number of carbonyl (C=O) groups is 2. The van der Waals surface area contributed by atoms with E-state index in [0.717, 1.165) is 0 Å². The van der Waals surface area contributed by atoms with E-state index in [2.05, 4.69) is 0 Å². The van der Waals surface area contributed by atoms with Gasteiger partial charge in [-0.05, 0) is 30.9 Å². The van der Waals surface area contributed by atoms with E-state index in [1.165, 1.54) is 19.1 Å². The first kappa shape index (κ1) is 20.4. The van der Waals surface area contributed by atoms with Crippen molar-refractivity contribution in [2.24, 2.45) is 5.73 Å². The number of nitrogens with two attached hydrogens (primary N) is 1. The number of nitrogens with zero attached hydrogens (tertiary/aromatic N) is 1. The number of hydrogen-bond acceptors (Lipinski definition) is 8. The Morgan fingerprint density at radius 1 is 1.32 bits per heavy atom. The fraction of sp³-hybridized carbons (Fsp3) is 0.529. The predicted molar refractivity (Wildman–Crippen MR) is 97.4 cm³/mol. The molecule has 2 fully saturated rings. The van der Waals surface area contributed by atoms with Gasteiger partial charge in [0.05, 0.1) is 0 Å². The summed E-state index contributed by atoms with van der Waals surface area (Å²) >= 11 is 0. The van der Waals surface area contributed by atoms with Crippen LogP contribution in [0.15, 0.2) is 12.1 Å². The Hall–Kier alpha value is -2.34. The van der Waals surface area contributed by atoms with Gasteiger partial charge in [-0.3, -0.25) is 9.69 Å². The largest absolute Gasteiger partial charge is 0.507 e. The van der Waals surface area contributed by atoms with Crippen molar-refractivity contribution in [1.29, 1.82) is 0 Å². The molecule has 7 N–H and O–H groups in total. The highest BCUT2D eigenvalue weighted by atomic mass is 16.5. The standard InChI is InChI=1S/C17H23BN2O8/c1-17(19,16(24)25)7-20-5-8(6-20)28-12-3-2-9(10-4-11(10)18(26)27)14(21)13(12)15(22)23/h2-3,8,10-11,21,26-27H,4-7,19H2,1H3,(H,22,23)(H,24,25)/t10-,11-,17?/m1/s1. The molecule has 0 spiro atoms. The number of likely N-dealkylation sites (tertiary alicyclic amines) is 1. The van der Waals surface area contributed by atoms with E-state index in [0.29, 0.717) is 25.1 Å². The molecule has 3 rings (SSSR count). The van der Waals surface area contributed by atoms with E-state index in [4.69, 9.17) is 15.6 Å². The van der Waals surface area contributed by atoms with E-state index in [-0.39, 0.29) is 29.9 Å². The highest BCUT2D eigenvalue weighted by Gasteiger charge is 2.48. The lowest BCUT2D eigenvalue weighted by Crippen LogP contribution is -2.62. The number of hydrogen-bond donors (Lipinski definition) is 6. The molecule has 2 aliphatic rings. The van der Waals surface area contributed by atoms with Crippen molar-refractivity contribution in [3.63, 3.8) is 0 Å². The van der Waals surface area contributed by atoms with E-state index >= 15 is 0 Å². The molecular weight excluding hydrogens is 371 g/mol. The average Bonchev–Trinajstić information content (AvgIpc) is 3.32.